The summed E-state index contributed by atoms with van der Waals surface area (Å²) in [6, 6.07) is 2.09. The first-order valence-electron chi connectivity index (χ1n) is 6.73. The molecule has 1 atom stereocenters. The molecule has 17 heavy (non-hydrogen) atoms. The number of nitrogens with zero attached hydrogens (tertiary/aromatic N) is 1. The van der Waals surface area contributed by atoms with E-state index in [0.29, 0.717) is 17.6 Å². The summed E-state index contributed by atoms with van der Waals surface area (Å²) in [5.41, 5.74) is 3.52. The smallest absolute Gasteiger partial charge is 0.164 e. The molecule has 1 unspecified atom stereocenters. The fraction of sp³-hybridized carbons (Fsp3) is 0.667. The summed E-state index contributed by atoms with van der Waals surface area (Å²) in [5, 5.41) is 0. The first kappa shape index (κ1) is 12.4. The Hall–Kier alpha value is -1.05. The summed E-state index contributed by atoms with van der Waals surface area (Å²) in [6.07, 6.45) is 2.82. The van der Waals surface area contributed by atoms with Crippen LogP contribution in [0.15, 0.2) is 6.07 Å². The maximum atomic E-state index is 11.9. The second-order valence-electron chi connectivity index (χ2n) is 5.75. The Bertz CT molecular complexity index is 428. The number of Topliss-reactive ketones (excluding diaryl/α,β-unsaturated/α-hetero) is 1. The van der Waals surface area contributed by atoms with E-state index in [1.165, 1.54) is 11.4 Å². The van der Waals surface area contributed by atoms with E-state index in [0.717, 1.165) is 31.4 Å². The Morgan fingerprint density at radius 1 is 1.29 bits per heavy atom. The summed E-state index contributed by atoms with van der Waals surface area (Å²) in [5.74, 6) is 1.68. The minimum Gasteiger partial charge on any atom is -0.348 e. The van der Waals surface area contributed by atoms with Crippen LogP contribution in [0.2, 0.25) is 0 Å². The molecular weight excluding hydrogens is 210 g/mol. The average molecular weight is 233 g/mol. The number of fused-ring (bicyclic) bond motifs is 1. The topological polar surface area (TPSA) is 22.0 Å². The average Bonchev–Trinajstić information content (AvgIpc) is 2.58. The molecule has 0 saturated carbocycles. The van der Waals surface area contributed by atoms with E-state index in [9.17, 15) is 4.79 Å². The van der Waals surface area contributed by atoms with E-state index in [-0.39, 0.29) is 0 Å². The molecule has 0 radical (unpaired) electrons. The SMILES string of the molecule is Cc1cc2c(n1CC(C)C(C)C)CCCC2=O. The highest BCUT2D eigenvalue weighted by atomic mass is 16.1. The summed E-state index contributed by atoms with van der Waals surface area (Å²) in [7, 11) is 0. The molecule has 2 nitrogen and oxygen atoms in total. The monoisotopic (exact) mass is 233 g/mol. The summed E-state index contributed by atoms with van der Waals surface area (Å²) >= 11 is 0. The molecule has 0 spiro atoms. The van der Waals surface area contributed by atoms with Crippen molar-refractivity contribution in [1.29, 1.82) is 0 Å². The van der Waals surface area contributed by atoms with Crippen LogP contribution >= 0.6 is 0 Å². The molecule has 0 N–H and O–H groups in total. The van der Waals surface area contributed by atoms with Crippen molar-refractivity contribution in [3.8, 4) is 0 Å². The Morgan fingerprint density at radius 2 is 2.00 bits per heavy atom. The standard InChI is InChI=1S/C15H23NO/c1-10(2)11(3)9-16-12(4)8-13-14(16)6-5-7-15(13)17/h8,10-11H,5-7,9H2,1-4H3. The van der Waals surface area contributed by atoms with Crippen molar-refractivity contribution in [3.05, 3.63) is 23.0 Å². The lowest BCUT2D eigenvalue weighted by Gasteiger charge is -2.21. The largest absolute Gasteiger partial charge is 0.348 e. The summed E-state index contributed by atoms with van der Waals surface area (Å²) in [4.78, 5) is 11.9. The third kappa shape index (κ3) is 2.31. The van der Waals surface area contributed by atoms with Gasteiger partial charge in [-0.2, -0.15) is 0 Å². The zero-order valence-electron chi connectivity index (χ0n) is 11.4. The lowest BCUT2D eigenvalue weighted by molar-refractivity contribution is 0.0971. The number of carbonyl (C=O) groups is 1. The van der Waals surface area contributed by atoms with E-state index in [4.69, 9.17) is 0 Å². The Kier molecular flexibility index (Phi) is 3.41. The minimum atomic E-state index is 0.338. The van der Waals surface area contributed by atoms with Crippen LogP contribution in [0.3, 0.4) is 0 Å². The van der Waals surface area contributed by atoms with Crippen LogP contribution in [-0.2, 0) is 13.0 Å². The fourth-order valence-corrected chi connectivity index (χ4v) is 2.54. The molecule has 1 aliphatic rings. The molecule has 1 heterocycles. The van der Waals surface area contributed by atoms with Gasteiger partial charge in [0.25, 0.3) is 0 Å². The predicted octanol–water partition coefficient (Wildman–Crippen LogP) is 3.61. The number of aromatic nitrogens is 1. The van der Waals surface area contributed by atoms with Gasteiger partial charge in [-0.15, -0.1) is 0 Å². The van der Waals surface area contributed by atoms with Crippen LogP contribution in [0.1, 0.15) is 55.4 Å². The van der Waals surface area contributed by atoms with E-state index >= 15 is 0 Å². The van der Waals surface area contributed by atoms with Crippen molar-refractivity contribution < 1.29 is 4.79 Å². The van der Waals surface area contributed by atoms with E-state index in [2.05, 4.69) is 38.3 Å². The number of hydrogen-bond donors (Lipinski definition) is 0. The van der Waals surface area contributed by atoms with E-state index in [1.807, 2.05) is 0 Å². The lowest BCUT2D eigenvalue weighted by Crippen LogP contribution is -2.18. The number of aryl methyl sites for hydroxylation is 1. The highest BCUT2D eigenvalue weighted by Crippen LogP contribution is 2.26. The van der Waals surface area contributed by atoms with Gasteiger partial charge in [-0.3, -0.25) is 4.79 Å². The van der Waals surface area contributed by atoms with Crippen LogP contribution in [0.5, 0.6) is 0 Å². The third-order valence-electron chi connectivity index (χ3n) is 4.14. The molecule has 1 aromatic heterocycles. The van der Waals surface area contributed by atoms with Gasteiger partial charge in [0.05, 0.1) is 0 Å². The molecule has 0 bridgehead atoms. The normalized spacial score (nSPS) is 17.4. The van der Waals surface area contributed by atoms with Crippen molar-refractivity contribution in [3.63, 3.8) is 0 Å². The zero-order chi connectivity index (χ0) is 12.6. The van der Waals surface area contributed by atoms with Crippen LogP contribution in [0.25, 0.3) is 0 Å². The molecule has 0 fully saturated rings. The van der Waals surface area contributed by atoms with Crippen LogP contribution in [0.4, 0.5) is 0 Å². The number of ketones is 1. The minimum absolute atomic E-state index is 0.338. The quantitative estimate of drug-likeness (QED) is 0.781. The van der Waals surface area contributed by atoms with Crippen molar-refractivity contribution in [2.45, 2.75) is 53.5 Å². The van der Waals surface area contributed by atoms with E-state index < -0.39 is 0 Å². The molecule has 2 heteroatoms. The van der Waals surface area contributed by atoms with Crippen molar-refractivity contribution in [2.24, 2.45) is 11.8 Å². The molecule has 94 valence electrons. The van der Waals surface area contributed by atoms with Gasteiger partial charge in [-0.05, 0) is 37.7 Å². The van der Waals surface area contributed by atoms with Gasteiger partial charge < -0.3 is 4.57 Å². The molecule has 1 aromatic rings. The van der Waals surface area contributed by atoms with Gasteiger partial charge in [0, 0.05) is 29.9 Å². The van der Waals surface area contributed by atoms with Gasteiger partial charge in [-0.25, -0.2) is 0 Å². The molecular formula is C15H23NO. The molecule has 0 amide bonds. The first-order chi connectivity index (χ1) is 8.00. The summed E-state index contributed by atoms with van der Waals surface area (Å²) < 4.78 is 2.37. The highest BCUT2D eigenvalue weighted by Gasteiger charge is 2.23. The zero-order valence-corrected chi connectivity index (χ0v) is 11.4. The van der Waals surface area contributed by atoms with Gasteiger partial charge in [-0.1, -0.05) is 20.8 Å². The summed E-state index contributed by atoms with van der Waals surface area (Å²) in [6.45, 7) is 9.99. The van der Waals surface area contributed by atoms with Gasteiger partial charge in [0.2, 0.25) is 0 Å². The lowest BCUT2D eigenvalue weighted by atomic mass is 9.95. The van der Waals surface area contributed by atoms with Crippen LogP contribution in [0, 0.1) is 18.8 Å². The molecule has 1 aliphatic carbocycles. The highest BCUT2D eigenvalue weighted by molar-refractivity contribution is 5.98. The molecule has 0 saturated heterocycles. The second-order valence-corrected chi connectivity index (χ2v) is 5.75. The van der Waals surface area contributed by atoms with Crippen molar-refractivity contribution >= 4 is 5.78 Å². The van der Waals surface area contributed by atoms with Crippen molar-refractivity contribution in [2.75, 3.05) is 0 Å². The van der Waals surface area contributed by atoms with Gasteiger partial charge in [0.1, 0.15) is 0 Å². The molecule has 0 aromatic carbocycles. The maximum absolute atomic E-state index is 11.9. The second kappa shape index (κ2) is 4.67. The first-order valence-corrected chi connectivity index (χ1v) is 6.73. The predicted molar refractivity (Wildman–Crippen MR) is 70.4 cm³/mol. The third-order valence-corrected chi connectivity index (χ3v) is 4.14. The van der Waals surface area contributed by atoms with Gasteiger partial charge >= 0.3 is 0 Å². The van der Waals surface area contributed by atoms with E-state index in [1.54, 1.807) is 0 Å². The van der Waals surface area contributed by atoms with Crippen molar-refractivity contribution in [1.82, 2.24) is 4.57 Å². The number of hydrogen-bond acceptors (Lipinski definition) is 1. The number of carbonyl (C=O) groups excluding carboxylic acids is 1. The van der Waals surface area contributed by atoms with Crippen LogP contribution < -0.4 is 0 Å². The van der Waals surface area contributed by atoms with Crippen LogP contribution in [-0.4, -0.2) is 10.4 Å². The Labute approximate surface area is 104 Å². The Morgan fingerprint density at radius 3 is 2.65 bits per heavy atom. The molecule has 0 aliphatic heterocycles. The van der Waals surface area contributed by atoms with Gasteiger partial charge in [0.15, 0.2) is 5.78 Å². The maximum Gasteiger partial charge on any atom is 0.164 e. The Balaban J connectivity index is 2.31. The fourth-order valence-electron chi connectivity index (χ4n) is 2.54. The number of rotatable bonds is 3. The molecule has 2 rings (SSSR count).